The summed E-state index contributed by atoms with van der Waals surface area (Å²) in [7, 11) is 0. The monoisotopic (exact) mass is 348 g/mol. The molecule has 0 radical (unpaired) electrons. The molecule has 0 heterocycles. The van der Waals surface area contributed by atoms with Crippen molar-refractivity contribution in [3.05, 3.63) is 0 Å². The molecule has 0 bridgehead atoms. The van der Waals surface area contributed by atoms with Gasteiger partial charge in [-0.25, -0.2) is 0 Å². The second kappa shape index (κ2) is 10.4. The molecule has 6 heteroatoms. The Balaban J connectivity index is 2.13. The molecule has 0 aromatic heterocycles. The van der Waals surface area contributed by atoms with E-state index in [9.17, 15) is 9.59 Å². The van der Waals surface area contributed by atoms with Gasteiger partial charge in [-0.2, -0.15) is 25.3 Å². The van der Waals surface area contributed by atoms with Gasteiger partial charge in [0.15, 0.2) is 0 Å². The number of thiol groups is 2. The molecule has 2 atom stereocenters. The summed E-state index contributed by atoms with van der Waals surface area (Å²) in [5.41, 5.74) is 0. The van der Waals surface area contributed by atoms with E-state index in [1.807, 2.05) is 13.8 Å². The Kier molecular flexibility index (Phi) is 9.33. The number of ether oxygens (including phenoxy) is 2. The van der Waals surface area contributed by atoms with Gasteiger partial charge >= 0.3 is 11.9 Å². The van der Waals surface area contributed by atoms with Crippen LogP contribution < -0.4 is 0 Å². The van der Waals surface area contributed by atoms with Gasteiger partial charge in [0.05, 0.1) is 26.1 Å². The molecule has 0 amide bonds. The smallest absolute Gasteiger partial charge is 0.306 e. The molecule has 1 aliphatic carbocycles. The number of hydrogen-bond acceptors (Lipinski definition) is 6. The van der Waals surface area contributed by atoms with Gasteiger partial charge in [0.2, 0.25) is 0 Å². The van der Waals surface area contributed by atoms with E-state index in [1.54, 1.807) is 0 Å². The SMILES string of the molecule is CC(S)CC(=O)OCC1CCC(COC(=O)CC(C)S)CC1. The first kappa shape index (κ1) is 19.7. The Morgan fingerprint density at radius 2 is 1.18 bits per heavy atom. The van der Waals surface area contributed by atoms with E-state index in [4.69, 9.17) is 9.47 Å². The summed E-state index contributed by atoms with van der Waals surface area (Å²) >= 11 is 8.36. The van der Waals surface area contributed by atoms with Gasteiger partial charge in [-0.05, 0) is 37.5 Å². The zero-order valence-electron chi connectivity index (χ0n) is 13.5. The molecule has 1 aliphatic rings. The number of rotatable bonds is 8. The Labute approximate surface area is 144 Å². The van der Waals surface area contributed by atoms with E-state index in [0.717, 1.165) is 25.7 Å². The van der Waals surface area contributed by atoms with Crippen molar-refractivity contribution in [2.75, 3.05) is 13.2 Å². The van der Waals surface area contributed by atoms with Crippen LogP contribution in [0.5, 0.6) is 0 Å². The van der Waals surface area contributed by atoms with Crippen molar-refractivity contribution in [3.63, 3.8) is 0 Å². The van der Waals surface area contributed by atoms with Crippen molar-refractivity contribution < 1.29 is 19.1 Å². The Morgan fingerprint density at radius 3 is 1.45 bits per heavy atom. The highest BCUT2D eigenvalue weighted by atomic mass is 32.1. The molecule has 2 unspecified atom stereocenters. The van der Waals surface area contributed by atoms with Crippen LogP contribution in [0.25, 0.3) is 0 Å². The minimum absolute atomic E-state index is 0.0397. The summed E-state index contributed by atoms with van der Waals surface area (Å²) in [6, 6.07) is 0. The van der Waals surface area contributed by atoms with Gasteiger partial charge in [-0.3, -0.25) is 9.59 Å². The summed E-state index contributed by atoms with van der Waals surface area (Å²) < 4.78 is 10.6. The van der Waals surface area contributed by atoms with E-state index in [1.165, 1.54) is 0 Å². The summed E-state index contributed by atoms with van der Waals surface area (Å²) in [5.74, 6) is 0.533. The second-order valence-electron chi connectivity index (χ2n) is 6.36. The molecule has 1 saturated carbocycles. The van der Waals surface area contributed by atoms with Gasteiger partial charge < -0.3 is 9.47 Å². The first-order chi connectivity index (χ1) is 10.4. The lowest BCUT2D eigenvalue weighted by atomic mass is 9.83. The van der Waals surface area contributed by atoms with Crippen molar-refractivity contribution in [1.29, 1.82) is 0 Å². The number of carbonyl (C=O) groups excluding carboxylic acids is 2. The normalized spacial score (nSPS) is 24.4. The minimum Gasteiger partial charge on any atom is -0.465 e. The van der Waals surface area contributed by atoms with Gasteiger partial charge in [0.1, 0.15) is 0 Å². The molecule has 0 N–H and O–H groups in total. The third kappa shape index (κ3) is 8.93. The van der Waals surface area contributed by atoms with Gasteiger partial charge in [-0.15, -0.1) is 0 Å². The van der Waals surface area contributed by atoms with Crippen molar-refractivity contribution in [2.45, 2.75) is 62.9 Å². The highest BCUT2D eigenvalue weighted by Gasteiger charge is 2.23. The summed E-state index contributed by atoms with van der Waals surface area (Å²) in [4.78, 5) is 23.0. The standard InChI is InChI=1S/C16H28O4S2/c1-11(21)7-15(17)19-9-13-3-5-14(6-4-13)10-20-16(18)8-12(2)22/h11-14,21-22H,3-10H2,1-2H3. The summed E-state index contributed by atoms with van der Waals surface area (Å²) in [6.45, 7) is 4.77. The average molecular weight is 349 g/mol. The molecule has 128 valence electrons. The van der Waals surface area contributed by atoms with Crippen LogP contribution in [-0.4, -0.2) is 35.7 Å². The first-order valence-corrected chi connectivity index (χ1v) is 9.07. The van der Waals surface area contributed by atoms with Crippen LogP contribution in [0, 0.1) is 11.8 Å². The quantitative estimate of drug-likeness (QED) is 0.522. The molecule has 22 heavy (non-hydrogen) atoms. The molecule has 0 spiro atoms. The van der Waals surface area contributed by atoms with Crippen LogP contribution >= 0.6 is 25.3 Å². The van der Waals surface area contributed by atoms with Crippen LogP contribution in [0.2, 0.25) is 0 Å². The largest absolute Gasteiger partial charge is 0.465 e. The van der Waals surface area contributed by atoms with E-state index in [2.05, 4.69) is 25.3 Å². The number of carbonyl (C=O) groups is 2. The van der Waals surface area contributed by atoms with Crippen LogP contribution in [0.15, 0.2) is 0 Å². The lowest BCUT2D eigenvalue weighted by Gasteiger charge is -2.28. The highest BCUT2D eigenvalue weighted by Crippen LogP contribution is 2.29. The number of esters is 2. The topological polar surface area (TPSA) is 52.6 Å². The van der Waals surface area contributed by atoms with Crippen LogP contribution in [0.4, 0.5) is 0 Å². The lowest BCUT2D eigenvalue weighted by molar-refractivity contribution is -0.147. The molecule has 0 aromatic carbocycles. The fraction of sp³-hybridized carbons (Fsp3) is 0.875. The first-order valence-electron chi connectivity index (χ1n) is 8.04. The number of hydrogen-bond donors (Lipinski definition) is 2. The molecule has 1 rings (SSSR count). The second-order valence-corrected chi connectivity index (χ2v) is 8.12. The van der Waals surface area contributed by atoms with Crippen molar-refractivity contribution in [1.82, 2.24) is 0 Å². The average Bonchev–Trinajstić information content (AvgIpc) is 2.42. The summed E-state index contributed by atoms with van der Waals surface area (Å²) in [6.07, 6.45) is 4.81. The van der Waals surface area contributed by atoms with Crippen molar-refractivity contribution in [3.8, 4) is 0 Å². The Morgan fingerprint density at radius 1 is 0.864 bits per heavy atom. The van der Waals surface area contributed by atoms with Gasteiger partial charge in [0, 0.05) is 10.5 Å². The molecule has 0 aliphatic heterocycles. The zero-order valence-corrected chi connectivity index (χ0v) is 15.3. The molecule has 0 aromatic rings. The molecule has 0 saturated heterocycles. The van der Waals surface area contributed by atoms with Gasteiger partial charge in [-0.1, -0.05) is 13.8 Å². The van der Waals surface area contributed by atoms with Crippen molar-refractivity contribution in [2.24, 2.45) is 11.8 Å². The lowest BCUT2D eigenvalue weighted by Crippen LogP contribution is -2.24. The zero-order chi connectivity index (χ0) is 16.5. The highest BCUT2D eigenvalue weighted by molar-refractivity contribution is 7.81. The van der Waals surface area contributed by atoms with E-state index in [-0.39, 0.29) is 22.4 Å². The fourth-order valence-electron chi connectivity index (χ4n) is 2.59. The van der Waals surface area contributed by atoms with Crippen LogP contribution in [0.3, 0.4) is 0 Å². The molecule has 1 fully saturated rings. The van der Waals surface area contributed by atoms with Crippen LogP contribution in [-0.2, 0) is 19.1 Å². The molecular formula is C16H28O4S2. The predicted octanol–water partition coefficient (Wildman–Crippen LogP) is 3.30. The van der Waals surface area contributed by atoms with E-state index < -0.39 is 0 Å². The van der Waals surface area contributed by atoms with Gasteiger partial charge in [0.25, 0.3) is 0 Å². The Hall–Kier alpha value is -0.360. The maximum Gasteiger partial charge on any atom is 0.306 e. The molecular weight excluding hydrogens is 320 g/mol. The van der Waals surface area contributed by atoms with E-state index >= 15 is 0 Å². The predicted molar refractivity (Wildman–Crippen MR) is 93.5 cm³/mol. The third-order valence-electron chi connectivity index (χ3n) is 3.85. The Bertz CT molecular complexity index is 316. The summed E-state index contributed by atoms with van der Waals surface area (Å²) in [5, 5.41) is 0.0794. The maximum absolute atomic E-state index is 11.5. The minimum atomic E-state index is -0.167. The van der Waals surface area contributed by atoms with Crippen LogP contribution in [0.1, 0.15) is 52.4 Å². The molecule has 4 nitrogen and oxygen atoms in total. The van der Waals surface area contributed by atoms with E-state index in [0.29, 0.717) is 37.9 Å². The van der Waals surface area contributed by atoms with Crippen molar-refractivity contribution >= 4 is 37.2 Å². The fourth-order valence-corrected chi connectivity index (χ4v) is 2.88. The maximum atomic E-state index is 11.5. The third-order valence-corrected chi connectivity index (χ3v) is 4.22.